The fraction of sp³-hybridized carbons (Fsp3) is 0.286. The van der Waals surface area contributed by atoms with Crippen molar-refractivity contribution < 1.29 is 14.6 Å². The number of carbonyl (C=O) groups is 1. The van der Waals surface area contributed by atoms with Crippen LogP contribution in [0.2, 0.25) is 0 Å². The van der Waals surface area contributed by atoms with Gasteiger partial charge in [-0.3, -0.25) is 4.79 Å². The van der Waals surface area contributed by atoms with Gasteiger partial charge < -0.3 is 14.7 Å². The smallest absolute Gasteiger partial charge is 0.317 e. The number of amides is 1. The number of aliphatic imine (C=N–C) groups is 1. The Balaban J connectivity index is 1.81. The Bertz CT molecular complexity index is 572. The Labute approximate surface area is 110 Å². The summed E-state index contributed by atoms with van der Waals surface area (Å²) in [5.41, 5.74) is 0.545. The number of rotatable bonds is 1. The summed E-state index contributed by atoms with van der Waals surface area (Å²) in [6, 6.07) is 7.17. The molecule has 0 spiro atoms. The number of hydrogen-bond acceptors (Lipinski definition) is 4. The van der Waals surface area contributed by atoms with Crippen LogP contribution in [0.3, 0.4) is 0 Å². The first-order chi connectivity index (χ1) is 9.24. The van der Waals surface area contributed by atoms with Crippen LogP contribution in [-0.2, 0) is 9.53 Å². The zero-order valence-corrected chi connectivity index (χ0v) is 10.4. The van der Waals surface area contributed by atoms with Gasteiger partial charge in [0.05, 0.1) is 0 Å². The van der Waals surface area contributed by atoms with Gasteiger partial charge in [-0.15, -0.1) is 0 Å². The summed E-state index contributed by atoms with van der Waals surface area (Å²) in [7, 11) is 0. The summed E-state index contributed by atoms with van der Waals surface area (Å²) in [5, 5.41) is 9.68. The largest absolute Gasteiger partial charge is 0.507 e. The lowest BCUT2D eigenvalue weighted by Crippen LogP contribution is -2.27. The molecule has 1 aromatic rings. The second kappa shape index (κ2) is 4.76. The molecule has 19 heavy (non-hydrogen) atoms. The first-order valence-corrected chi connectivity index (χ1v) is 6.29. The number of para-hydroxylation sites is 1. The molecule has 0 saturated carbocycles. The number of likely N-dealkylation sites (tertiary alicyclic amines) is 1. The van der Waals surface area contributed by atoms with Crippen LogP contribution >= 0.6 is 0 Å². The van der Waals surface area contributed by atoms with Crippen LogP contribution in [0.4, 0.5) is 0 Å². The van der Waals surface area contributed by atoms with Gasteiger partial charge in [-0.05, 0) is 25.0 Å². The highest BCUT2D eigenvalue weighted by Crippen LogP contribution is 2.23. The van der Waals surface area contributed by atoms with Crippen molar-refractivity contribution in [2.75, 3.05) is 13.1 Å². The number of ether oxygens (including phenoxy) is 1. The van der Waals surface area contributed by atoms with E-state index in [9.17, 15) is 9.90 Å². The fourth-order valence-corrected chi connectivity index (χ4v) is 2.19. The summed E-state index contributed by atoms with van der Waals surface area (Å²) >= 11 is 0. The number of benzene rings is 1. The van der Waals surface area contributed by atoms with E-state index in [0.29, 0.717) is 11.6 Å². The quantitative estimate of drug-likeness (QED) is 0.779. The van der Waals surface area contributed by atoms with Crippen molar-refractivity contribution in [2.24, 2.45) is 4.99 Å². The minimum Gasteiger partial charge on any atom is -0.507 e. The van der Waals surface area contributed by atoms with E-state index in [-0.39, 0.29) is 11.5 Å². The molecule has 98 valence electrons. The molecular weight excluding hydrogens is 244 g/mol. The molecule has 3 rings (SSSR count). The Kier molecular flexibility index (Phi) is 2.95. The third-order valence-electron chi connectivity index (χ3n) is 3.21. The molecule has 0 atom stereocenters. The first-order valence-electron chi connectivity index (χ1n) is 6.29. The maximum Gasteiger partial charge on any atom is 0.317 e. The van der Waals surface area contributed by atoms with Crippen molar-refractivity contribution >= 4 is 18.0 Å². The highest BCUT2D eigenvalue weighted by Gasteiger charge is 2.28. The van der Waals surface area contributed by atoms with Crippen LogP contribution in [0.25, 0.3) is 6.08 Å². The normalized spacial score (nSPS) is 20.8. The maximum absolute atomic E-state index is 11.8. The molecule has 0 bridgehead atoms. The summed E-state index contributed by atoms with van der Waals surface area (Å²) in [6.45, 7) is 1.74. The Morgan fingerprint density at radius 3 is 2.74 bits per heavy atom. The van der Waals surface area contributed by atoms with Crippen LogP contribution < -0.4 is 0 Å². The van der Waals surface area contributed by atoms with E-state index in [2.05, 4.69) is 4.99 Å². The lowest BCUT2D eigenvalue weighted by Gasteiger charge is -2.14. The number of aromatic hydroxyl groups is 1. The second-order valence-corrected chi connectivity index (χ2v) is 4.56. The molecule has 1 aromatic carbocycles. The van der Waals surface area contributed by atoms with E-state index in [0.717, 1.165) is 25.9 Å². The standard InChI is InChI=1S/C14H14N2O3/c17-11-6-2-1-5-10(11)9-12-13(18)15-14(19-12)16-7-3-4-8-16/h1-2,5-6,9,17H,3-4,7-8H2/b12-9-. The molecule has 2 heterocycles. The zero-order valence-electron chi connectivity index (χ0n) is 10.4. The van der Waals surface area contributed by atoms with Gasteiger partial charge in [0, 0.05) is 18.7 Å². The highest BCUT2D eigenvalue weighted by molar-refractivity contribution is 6.08. The van der Waals surface area contributed by atoms with Gasteiger partial charge in [0.15, 0.2) is 5.76 Å². The molecule has 0 aliphatic carbocycles. The van der Waals surface area contributed by atoms with Gasteiger partial charge in [-0.25, -0.2) is 0 Å². The molecule has 0 aromatic heterocycles. The number of hydrogen-bond donors (Lipinski definition) is 1. The van der Waals surface area contributed by atoms with Crippen LogP contribution in [0.15, 0.2) is 35.0 Å². The van der Waals surface area contributed by atoms with Crippen molar-refractivity contribution in [1.82, 2.24) is 4.90 Å². The molecule has 1 fully saturated rings. The molecule has 5 heteroatoms. The molecule has 1 N–H and O–H groups in total. The van der Waals surface area contributed by atoms with Crippen LogP contribution in [0, 0.1) is 0 Å². The number of nitrogens with zero attached hydrogens (tertiary/aromatic N) is 2. The Morgan fingerprint density at radius 1 is 1.26 bits per heavy atom. The van der Waals surface area contributed by atoms with Crippen molar-refractivity contribution in [3.05, 3.63) is 35.6 Å². The monoisotopic (exact) mass is 258 g/mol. The lowest BCUT2D eigenvalue weighted by atomic mass is 10.2. The number of carbonyl (C=O) groups excluding carboxylic acids is 1. The number of phenols is 1. The molecule has 0 unspecified atom stereocenters. The molecule has 2 aliphatic rings. The Morgan fingerprint density at radius 2 is 2.00 bits per heavy atom. The molecule has 1 amide bonds. The minimum absolute atomic E-state index is 0.112. The van der Waals surface area contributed by atoms with Gasteiger partial charge in [0.1, 0.15) is 5.75 Å². The van der Waals surface area contributed by atoms with Crippen LogP contribution in [0.5, 0.6) is 5.75 Å². The third kappa shape index (κ3) is 2.31. The molecule has 5 nitrogen and oxygen atoms in total. The second-order valence-electron chi connectivity index (χ2n) is 4.56. The van der Waals surface area contributed by atoms with Gasteiger partial charge in [-0.1, -0.05) is 18.2 Å². The number of amidine groups is 1. The zero-order chi connectivity index (χ0) is 13.2. The summed E-state index contributed by atoms with van der Waals surface area (Å²) in [4.78, 5) is 17.6. The lowest BCUT2D eigenvalue weighted by molar-refractivity contribution is -0.115. The summed E-state index contributed by atoms with van der Waals surface area (Å²) < 4.78 is 5.49. The third-order valence-corrected chi connectivity index (χ3v) is 3.21. The van der Waals surface area contributed by atoms with Crippen LogP contribution in [-0.4, -0.2) is 35.0 Å². The van der Waals surface area contributed by atoms with Gasteiger partial charge >= 0.3 is 11.9 Å². The van der Waals surface area contributed by atoms with Crippen molar-refractivity contribution in [1.29, 1.82) is 0 Å². The first kappa shape index (κ1) is 11.8. The van der Waals surface area contributed by atoms with Crippen molar-refractivity contribution in [2.45, 2.75) is 12.8 Å². The Hall–Kier alpha value is -2.30. The van der Waals surface area contributed by atoms with E-state index in [1.807, 2.05) is 4.90 Å². The van der Waals surface area contributed by atoms with Gasteiger partial charge in [-0.2, -0.15) is 4.99 Å². The maximum atomic E-state index is 11.8. The predicted octanol–water partition coefficient (Wildman–Crippen LogP) is 1.74. The van der Waals surface area contributed by atoms with Crippen LogP contribution in [0.1, 0.15) is 18.4 Å². The SMILES string of the molecule is O=C1N=C(N2CCCC2)O/C1=C\c1ccccc1O. The van der Waals surface area contributed by atoms with E-state index < -0.39 is 5.91 Å². The topological polar surface area (TPSA) is 62.1 Å². The predicted molar refractivity (Wildman–Crippen MR) is 70.4 cm³/mol. The average Bonchev–Trinajstić information content (AvgIpc) is 3.02. The van der Waals surface area contributed by atoms with E-state index in [1.165, 1.54) is 6.08 Å². The summed E-state index contributed by atoms with van der Waals surface area (Å²) in [5.74, 6) is -0.130. The van der Waals surface area contributed by atoms with E-state index in [4.69, 9.17) is 4.74 Å². The molecular formula is C14H14N2O3. The van der Waals surface area contributed by atoms with E-state index >= 15 is 0 Å². The van der Waals surface area contributed by atoms with Gasteiger partial charge in [0.2, 0.25) is 0 Å². The number of phenolic OH excluding ortho intramolecular Hbond substituents is 1. The molecule has 0 radical (unpaired) electrons. The van der Waals surface area contributed by atoms with Crippen molar-refractivity contribution in [3.63, 3.8) is 0 Å². The fourth-order valence-electron chi connectivity index (χ4n) is 2.19. The minimum atomic E-state index is -0.398. The van der Waals surface area contributed by atoms with Crippen molar-refractivity contribution in [3.8, 4) is 5.75 Å². The highest BCUT2D eigenvalue weighted by atomic mass is 16.5. The molecule has 2 aliphatic heterocycles. The molecule has 1 saturated heterocycles. The summed E-state index contributed by atoms with van der Waals surface area (Å²) in [6.07, 6.45) is 3.70. The average molecular weight is 258 g/mol. The van der Waals surface area contributed by atoms with Gasteiger partial charge in [0.25, 0.3) is 0 Å². The van der Waals surface area contributed by atoms with E-state index in [1.54, 1.807) is 24.3 Å².